The van der Waals surface area contributed by atoms with E-state index < -0.39 is 49.1 Å². The monoisotopic (exact) mass is 619 g/mol. The van der Waals surface area contributed by atoms with Crippen molar-refractivity contribution in [1.29, 1.82) is 0 Å². The van der Waals surface area contributed by atoms with Crippen LogP contribution in [0.15, 0.2) is 126 Å². The van der Waals surface area contributed by atoms with Crippen molar-refractivity contribution in [3.8, 4) is 0 Å². The molecule has 0 spiro atoms. The van der Waals surface area contributed by atoms with Gasteiger partial charge in [-0.05, 0) is 23.3 Å². The lowest BCUT2D eigenvalue weighted by Crippen LogP contribution is -2.64. The van der Waals surface area contributed by atoms with Crippen LogP contribution in [0.4, 0.5) is 18.9 Å². The number of ether oxygens (including phenoxy) is 6. The van der Waals surface area contributed by atoms with E-state index in [-0.39, 0.29) is 25.5 Å². The van der Waals surface area contributed by atoms with Crippen molar-refractivity contribution in [3.63, 3.8) is 0 Å². The number of nitrogens with zero attached hydrogens (tertiary/aromatic N) is 1. The Hall–Kier alpha value is -4.06. The predicted molar refractivity (Wildman–Crippen MR) is 159 cm³/mol. The Kier molecular flexibility index (Phi) is 9.88. The Morgan fingerprint density at radius 2 is 1.22 bits per heavy atom. The molecule has 0 amide bonds. The van der Waals surface area contributed by atoms with Crippen molar-refractivity contribution in [2.75, 3.05) is 6.61 Å². The van der Waals surface area contributed by atoms with Gasteiger partial charge in [0.05, 0.1) is 25.5 Å². The third kappa shape index (κ3) is 7.97. The molecule has 7 nitrogen and oxygen atoms in total. The van der Waals surface area contributed by atoms with Crippen molar-refractivity contribution in [2.24, 2.45) is 4.99 Å². The number of hydrogen-bond acceptors (Lipinski definition) is 7. The fraction of sp³-hybridized carbons (Fsp3) is 0.286. The Balaban J connectivity index is 1.34. The van der Waals surface area contributed by atoms with Gasteiger partial charge in [0.15, 0.2) is 6.29 Å². The average Bonchev–Trinajstić information content (AvgIpc) is 3.07. The van der Waals surface area contributed by atoms with E-state index in [0.29, 0.717) is 0 Å². The van der Waals surface area contributed by atoms with Crippen LogP contribution in [0, 0.1) is 0 Å². The maximum Gasteiger partial charge on any atom is 0.468 e. The minimum Gasteiger partial charge on any atom is -0.441 e. The van der Waals surface area contributed by atoms with Crippen LogP contribution in [0.25, 0.3) is 0 Å². The minimum absolute atomic E-state index is 0.0257. The largest absolute Gasteiger partial charge is 0.468 e. The van der Waals surface area contributed by atoms with E-state index in [2.05, 4.69) is 4.99 Å². The SMILES string of the molecule is FC(F)(F)C(=Nc1ccccc1)O[C@@H]1O[C@@H]2COC(c3ccccc3)O[C@H]2[C@H](OCc2ccccc2)[C@H]1OCc1ccccc1. The molecule has 2 aliphatic rings. The number of rotatable bonds is 9. The van der Waals surface area contributed by atoms with E-state index in [9.17, 15) is 13.2 Å². The minimum atomic E-state index is -4.92. The van der Waals surface area contributed by atoms with Crippen LogP contribution in [-0.4, -0.2) is 49.4 Å². The van der Waals surface area contributed by atoms with Gasteiger partial charge in [0.25, 0.3) is 5.90 Å². The number of aliphatic imine (C=N–C) groups is 1. The van der Waals surface area contributed by atoms with E-state index in [1.807, 2.05) is 91.0 Å². The van der Waals surface area contributed by atoms with Gasteiger partial charge < -0.3 is 28.4 Å². The van der Waals surface area contributed by atoms with Gasteiger partial charge in [-0.25, -0.2) is 4.99 Å². The summed E-state index contributed by atoms with van der Waals surface area (Å²) < 4.78 is 79.9. The molecule has 4 aromatic carbocycles. The first-order chi connectivity index (χ1) is 21.9. The molecule has 0 aliphatic carbocycles. The summed E-state index contributed by atoms with van der Waals surface area (Å²) in [4.78, 5) is 3.78. The molecule has 6 atom stereocenters. The highest BCUT2D eigenvalue weighted by Crippen LogP contribution is 2.38. The maximum atomic E-state index is 14.3. The second-order valence-corrected chi connectivity index (χ2v) is 10.6. The number of halogens is 3. The quantitative estimate of drug-likeness (QED) is 0.145. The maximum absolute atomic E-state index is 14.3. The third-order valence-corrected chi connectivity index (χ3v) is 7.38. The zero-order valence-corrected chi connectivity index (χ0v) is 24.2. The summed E-state index contributed by atoms with van der Waals surface area (Å²) in [6.07, 6.45) is -10.8. The molecule has 2 saturated heterocycles. The van der Waals surface area contributed by atoms with Gasteiger partial charge >= 0.3 is 6.18 Å². The standard InChI is InChI=1S/C35H32F3NO6/c36-35(37,38)34(39-27-19-11-4-12-20-27)45-33-31(41-22-25-15-7-2-8-16-25)30(40-21-24-13-5-1-6-14-24)29-28(43-33)23-42-32(44-29)26-17-9-3-10-18-26/h1-20,28-33H,21-23H2/t28-,29-,30+,31-,32?,33+/m1/s1. The molecule has 0 N–H and O–H groups in total. The summed E-state index contributed by atoms with van der Waals surface area (Å²) in [5.41, 5.74) is 2.54. The van der Waals surface area contributed by atoms with Gasteiger partial charge in [-0.3, -0.25) is 0 Å². The number of para-hydroxylation sites is 1. The van der Waals surface area contributed by atoms with Gasteiger partial charge in [-0.15, -0.1) is 0 Å². The van der Waals surface area contributed by atoms with Crippen molar-refractivity contribution in [1.82, 2.24) is 0 Å². The van der Waals surface area contributed by atoms with Crippen LogP contribution in [-0.2, 0) is 41.6 Å². The zero-order valence-electron chi connectivity index (χ0n) is 24.2. The summed E-state index contributed by atoms with van der Waals surface area (Å²) >= 11 is 0. The number of hydrogen-bond donors (Lipinski definition) is 0. The predicted octanol–water partition coefficient (Wildman–Crippen LogP) is 7.31. The van der Waals surface area contributed by atoms with E-state index in [0.717, 1.165) is 16.7 Å². The lowest BCUT2D eigenvalue weighted by Gasteiger charge is -2.48. The van der Waals surface area contributed by atoms with Crippen LogP contribution in [0.3, 0.4) is 0 Å². The van der Waals surface area contributed by atoms with Crippen molar-refractivity contribution < 1.29 is 41.6 Å². The highest BCUT2D eigenvalue weighted by molar-refractivity contribution is 5.84. The van der Waals surface area contributed by atoms with E-state index in [4.69, 9.17) is 28.4 Å². The molecule has 234 valence electrons. The fourth-order valence-corrected chi connectivity index (χ4v) is 5.21. The Bertz CT molecular complexity index is 1510. The molecule has 2 fully saturated rings. The van der Waals surface area contributed by atoms with Crippen LogP contribution in [0.2, 0.25) is 0 Å². The van der Waals surface area contributed by atoms with Crippen molar-refractivity contribution >= 4 is 11.6 Å². The second-order valence-electron chi connectivity index (χ2n) is 10.6. The molecule has 10 heteroatoms. The van der Waals surface area contributed by atoms with Crippen molar-refractivity contribution in [3.05, 3.63) is 138 Å². The lowest BCUT2D eigenvalue weighted by atomic mass is 9.97. The van der Waals surface area contributed by atoms with Gasteiger partial charge in [-0.2, -0.15) is 13.2 Å². The van der Waals surface area contributed by atoms with Crippen molar-refractivity contribution in [2.45, 2.75) is 56.4 Å². The molecule has 2 heterocycles. The second kappa shape index (κ2) is 14.4. The molecular weight excluding hydrogens is 587 g/mol. The summed E-state index contributed by atoms with van der Waals surface area (Å²) in [6.45, 7) is 0.238. The Morgan fingerprint density at radius 1 is 0.689 bits per heavy atom. The number of fused-ring (bicyclic) bond motifs is 1. The fourth-order valence-electron chi connectivity index (χ4n) is 5.21. The summed E-state index contributed by atoms with van der Waals surface area (Å²) in [7, 11) is 0. The number of benzene rings is 4. The van der Waals surface area contributed by atoms with Gasteiger partial charge in [0.1, 0.15) is 24.4 Å². The highest BCUT2D eigenvalue weighted by atomic mass is 19.4. The average molecular weight is 620 g/mol. The van der Waals surface area contributed by atoms with Gasteiger partial charge in [0.2, 0.25) is 6.29 Å². The number of alkyl halides is 3. The molecule has 2 aliphatic heterocycles. The van der Waals surface area contributed by atoms with E-state index in [1.54, 1.807) is 18.2 Å². The lowest BCUT2D eigenvalue weighted by molar-refractivity contribution is -0.364. The molecule has 1 unspecified atom stereocenters. The summed E-state index contributed by atoms with van der Waals surface area (Å²) in [5.74, 6) is -1.47. The van der Waals surface area contributed by atoms with Crippen LogP contribution < -0.4 is 0 Å². The molecule has 0 aromatic heterocycles. The molecule has 0 bridgehead atoms. The van der Waals surface area contributed by atoms with Gasteiger partial charge in [0, 0.05) is 5.56 Å². The zero-order chi connectivity index (χ0) is 31.1. The van der Waals surface area contributed by atoms with Crippen LogP contribution in [0.5, 0.6) is 0 Å². The first kappa shape index (κ1) is 30.9. The van der Waals surface area contributed by atoms with Gasteiger partial charge in [-0.1, -0.05) is 109 Å². The first-order valence-electron chi connectivity index (χ1n) is 14.6. The first-order valence-corrected chi connectivity index (χ1v) is 14.6. The smallest absolute Gasteiger partial charge is 0.441 e. The normalized spacial score (nSPS) is 25.4. The summed E-state index contributed by atoms with van der Waals surface area (Å²) in [5, 5.41) is 0. The Labute approximate surface area is 259 Å². The van der Waals surface area contributed by atoms with Crippen LogP contribution in [0.1, 0.15) is 23.0 Å². The molecule has 0 saturated carbocycles. The van der Waals surface area contributed by atoms with E-state index >= 15 is 0 Å². The molecular formula is C35H32F3NO6. The summed E-state index contributed by atoms with van der Waals surface area (Å²) in [6, 6.07) is 35.9. The Morgan fingerprint density at radius 3 is 1.80 bits per heavy atom. The molecule has 4 aromatic rings. The highest BCUT2D eigenvalue weighted by Gasteiger charge is 2.54. The molecule has 0 radical (unpaired) electrons. The molecule has 45 heavy (non-hydrogen) atoms. The van der Waals surface area contributed by atoms with E-state index in [1.165, 1.54) is 12.1 Å². The molecule has 6 rings (SSSR count). The third-order valence-electron chi connectivity index (χ3n) is 7.38. The topological polar surface area (TPSA) is 67.7 Å². The van der Waals surface area contributed by atoms with Crippen LogP contribution >= 0.6 is 0 Å².